The minimum absolute atomic E-state index is 0.729. The topological polar surface area (TPSA) is 43.4 Å². The lowest BCUT2D eigenvalue weighted by Gasteiger charge is -2.22. The van der Waals surface area contributed by atoms with Gasteiger partial charge in [0.2, 0.25) is 0 Å². The number of aromatic nitrogens is 4. The van der Waals surface area contributed by atoms with E-state index in [-0.39, 0.29) is 0 Å². The van der Waals surface area contributed by atoms with Gasteiger partial charge in [-0.1, -0.05) is 146 Å². The normalized spacial score (nSPS) is 12.6. The van der Waals surface area contributed by atoms with Crippen molar-refractivity contribution in [3.05, 3.63) is 248 Å². The van der Waals surface area contributed by atoms with Crippen molar-refractivity contribution in [2.24, 2.45) is 0 Å². The molecule has 4 aromatic heterocycles. The monoisotopic (exact) mass is 964 g/mol. The third kappa shape index (κ3) is 6.64. The molecule has 5 heterocycles. The number of pyridine rings is 1. The summed E-state index contributed by atoms with van der Waals surface area (Å²) in [7, 11) is 2.16. The number of fused-ring (bicyclic) bond motifs is 10. The van der Waals surface area contributed by atoms with Gasteiger partial charge in [0.05, 0.1) is 62.5 Å². The first-order valence-electron chi connectivity index (χ1n) is 25.6. The molecule has 0 bridgehead atoms. The zero-order valence-corrected chi connectivity index (χ0v) is 41.4. The minimum Gasteiger partial charge on any atom is -0.457 e. The highest BCUT2D eigenvalue weighted by Gasteiger charge is 2.29. The fourth-order valence-electron chi connectivity index (χ4n) is 12.1. The lowest BCUT2D eigenvalue weighted by atomic mass is 9.98. The summed E-state index contributed by atoms with van der Waals surface area (Å²) in [6, 6.07) is 84.7. The van der Waals surface area contributed by atoms with E-state index in [2.05, 4.69) is 274 Å². The predicted octanol–water partition coefficient (Wildman–Crippen LogP) is 17.4. The molecule has 14 aromatic rings. The van der Waals surface area contributed by atoms with Crippen molar-refractivity contribution in [1.29, 1.82) is 0 Å². The van der Waals surface area contributed by atoms with E-state index in [1.165, 1.54) is 44.0 Å². The minimum atomic E-state index is 0.729. The molecule has 75 heavy (non-hydrogen) atoms. The second kappa shape index (κ2) is 16.9. The number of para-hydroxylation sites is 6. The number of ether oxygens (including phenoxy) is 1. The largest absolute Gasteiger partial charge is 0.457 e. The van der Waals surface area contributed by atoms with Gasteiger partial charge in [0.1, 0.15) is 17.3 Å². The van der Waals surface area contributed by atoms with Crippen molar-refractivity contribution in [1.82, 2.24) is 18.7 Å². The van der Waals surface area contributed by atoms with E-state index in [9.17, 15) is 0 Å². The fourth-order valence-corrected chi connectivity index (χ4v) is 12.1. The maximum atomic E-state index is 6.84. The number of benzene rings is 10. The van der Waals surface area contributed by atoms with Gasteiger partial charge in [-0.05, 0) is 96.9 Å². The second-order valence-electron chi connectivity index (χ2n) is 19.7. The highest BCUT2D eigenvalue weighted by molar-refractivity contribution is 6.13. The van der Waals surface area contributed by atoms with Crippen LogP contribution >= 0.6 is 0 Å². The highest BCUT2D eigenvalue weighted by atomic mass is 16.5. The predicted molar refractivity (Wildman–Crippen MR) is 311 cm³/mol. The van der Waals surface area contributed by atoms with Crippen molar-refractivity contribution >= 4 is 82.5 Å². The van der Waals surface area contributed by atoms with Crippen LogP contribution in [0.5, 0.6) is 11.5 Å². The van der Waals surface area contributed by atoms with Gasteiger partial charge in [0.25, 0.3) is 0 Å². The van der Waals surface area contributed by atoms with Crippen molar-refractivity contribution in [2.45, 2.75) is 6.92 Å². The Balaban J connectivity index is 0.875. The van der Waals surface area contributed by atoms with Crippen LogP contribution in [0, 0.1) is 6.92 Å². The van der Waals surface area contributed by atoms with Gasteiger partial charge in [0.15, 0.2) is 0 Å². The number of hydrogen-bond acceptors (Lipinski definition) is 4. The molecule has 356 valence electrons. The van der Waals surface area contributed by atoms with Crippen molar-refractivity contribution < 1.29 is 4.74 Å². The molecule has 0 amide bonds. The molecule has 1 aliphatic heterocycles. The molecule has 0 atom stereocenters. The van der Waals surface area contributed by atoms with Crippen LogP contribution in [0.15, 0.2) is 243 Å². The van der Waals surface area contributed by atoms with Crippen LogP contribution in [-0.2, 0) is 0 Å². The Hall–Kier alpha value is -9.85. The molecule has 0 unspecified atom stereocenters. The quantitative estimate of drug-likeness (QED) is 0.152. The van der Waals surface area contributed by atoms with E-state index in [4.69, 9.17) is 9.72 Å². The van der Waals surface area contributed by atoms with Gasteiger partial charge >= 0.3 is 0 Å². The lowest BCUT2D eigenvalue weighted by molar-refractivity contribution is 0.483. The summed E-state index contributed by atoms with van der Waals surface area (Å²) < 4.78 is 14.0. The molecule has 15 rings (SSSR count). The standard InChI is InChI=1S/C68H48N6O/c1-44-39-66(69-42-56(44)67-62(72-57-29-11-6-23-50(57)51-24-7-12-30-58(51)72)34-18-35-63(67)73-59-31-13-8-25-52(59)53-26-9-14-32-60(53)73)74-61-33-15-10-27-54(61)55-38-37-48(41-65(55)74)75-47-22-16-21-46(40-47)71-43-70(2)64-36-17-28-49(68(64)71)45-19-4-3-5-20-45/h3-42H,43H2,1-2H3. The van der Waals surface area contributed by atoms with Crippen LogP contribution in [0.1, 0.15) is 5.56 Å². The maximum absolute atomic E-state index is 6.84. The maximum Gasteiger partial charge on any atom is 0.137 e. The fraction of sp³-hybridized carbons (Fsp3) is 0.0441. The molecule has 0 fully saturated rings. The average molecular weight is 965 g/mol. The highest BCUT2D eigenvalue weighted by Crippen LogP contribution is 2.48. The SMILES string of the molecule is Cc1cc(-n2c3ccccc3c3ccc(Oc4cccc(N5CN(C)c6cccc(-c7ccccc7)c65)c4)cc32)ncc1-c1c(-n2c3ccccc3c3ccccc32)cccc1-n1c2ccccc2c2ccccc21. The van der Waals surface area contributed by atoms with Gasteiger partial charge < -0.3 is 23.7 Å². The van der Waals surface area contributed by atoms with Gasteiger partial charge in [-0.25, -0.2) is 4.98 Å². The van der Waals surface area contributed by atoms with E-state index < -0.39 is 0 Å². The number of aryl methyl sites for hydroxylation is 1. The average Bonchev–Trinajstić information content (AvgIpc) is 4.24. The van der Waals surface area contributed by atoms with Gasteiger partial charge in [0, 0.05) is 80.1 Å². The molecule has 10 aromatic carbocycles. The third-order valence-corrected chi connectivity index (χ3v) is 15.4. The molecular weight excluding hydrogens is 917 g/mol. The number of nitrogens with zero attached hydrogens (tertiary/aromatic N) is 6. The van der Waals surface area contributed by atoms with Crippen LogP contribution in [0.3, 0.4) is 0 Å². The molecule has 1 aliphatic rings. The zero-order valence-electron chi connectivity index (χ0n) is 41.4. The molecule has 0 spiro atoms. The van der Waals surface area contributed by atoms with Gasteiger partial charge in [-0.15, -0.1) is 0 Å². The summed E-state index contributed by atoms with van der Waals surface area (Å²) in [6.07, 6.45) is 2.10. The summed E-state index contributed by atoms with van der Waals surface area (Å²) in [5.74, 6) is 2.35. The van der Waals surface area contributed by atoms with Crippen LogP contribution in [-0.4, -0.2) is 32.4 Å². The number of rotatable bonds is 8. The number of hydrogen-bond donors (Lipinski definition) is 0. The zero-order chi connectivity index (χ0) is 49.7. The van der Waals surface area contributed by atoms with Gasteiger partial charge in [-0.3, -0.25) is 4.57 Å². The van der Waals surface area contributed by atoms with E-state index in [0.717, 1.165) is 102 Å². The van der Waals surface area contributed by atoms with Crippen LogP contribution in [0.2, 0.25) is 0 Å². The summed E-state index contributed by atoms with van der Waals surface area (Å²) in [6.45, 7) is 2.96. The summed E-state index contributed by atoms with van der Waals surface area (Å²) in [5, 5.41) is 7.16. The van der Waals surface area contributed by atoms with Crippen molar-refractivity contribution in [3.8, 4) is 50.9 Å². The first-order chi connectivity index (χ1) is 37.1. The smallest absolute Gasteiger partial charge is 0.137 e. The molecule has 0 saturated carbocycles. The van der Waals surface area contributed by atoms with Crippen LogP contribution < -0.4 is 14.5 Å². The Labute approximate surface area is 433 Å². The first-order valence-corrected chi connectivity index (χ1v) is 25.6. The second-order valence-corrected chi connectivity index (χ2v) is 19.7. The molecule has 7 nitrogen and oxygen atoms in total. The molecule has 0 saturated heterocycles. The summed E-state index contributed by atoms with van der Waals surface area (Å²) >= 11 is 0. The Morgan fingerprint density at radius 3 is 1.48 bits per heavy atom. The van der Waals surface area contributed by atoms with E-state index in [0.29, 0.717) is 0 Å². The van der Waals surface area contributed by atoms with Crippen LogP contribution in [0.4, 0.5) is 17.1 Å². The Morgan fingerprint density at radius 2 is 0.893 bits per heavy atom. The molecule has 0 radical (unpaired) electrons. The van der Waals surface area contributed by atoms with E-state index in [1.54, 1.807) is 0 Å². The Morgan fingerprint density at radius 1 is 0.400 bits per heavy atom. The molecule has 7 heteroatoms. The van der Waals surface area contributed by atoms with Gasteiger partial charge in [-0.2, -0.15) is 0 Å². The van der Waals surface area contributed by atoms with Crippen LogP contribution in [0.25, 0.3) is 105 Å². The first kappa shape index (κ1) is 42.8. The third-order valence-electron chi connectivity index (χ3n) is 15.4. The van der Waals surface area contributed by atoms with Crippen molar-refractivity contribution in [2.75, 3.05) is 23.5 Å². The molecule has 0 aliphatic carbocycles. The summed E-state index contributed by atoms with van der Waals surface area (Å²) in [4.78, 5) is 10.2. The number of anilines is 3. The van der Waals surface area contributed by atoms with E-state index in [1.807, 2.05) is 6.07 Å². The Bertz CT molecular complexity index is 4360. The Kier molecular flexibility index (Phi) is 9.63. The molecular formula is C68H48N6O. The lowest BCUT2D eigenvalue weighted by Crippen LogP contribution is -2.24. The molecule has 0 N–H and O–H groups in total. The summed E-state index contributed by atoms with van der Waals surface area (Å²) in [5.41, 5.74) is 18.0. The van der Waals surface area contributed by atoms with Crippen molar-refractivity contribution in [3.63, 3.8) is 0 Å². The van der Waals surface area contributed by atoms with E-state index >= 15 is 0 Å².